The molecule has 0 saturated carbocycles. The van der Waals surface area contributed by atoms with Gasteiger partial charge in [-0.3, -0.25) is 14.4 Å². The maximum atomic E-state index is 12.7. The second-order valence-corrected chi connectivity index (χ2v) is 9.42. The number of carbonyl (C=O) groups is 4. The van der Waals surface area contributed by atoms with Crippen LogP contribution in [0.25, 0.3) is 0 Å². The lowest BCUT2D eigenvalue weighted by Crippen LogP contribution is -2.54. The van der Waals surface area contributed by atoms with E-state index in [1.54, 1.807) is 23.6 Å². The van der Waals surface area contributed by atoms with Gasteiger partial charge in [0, 0.05) is 51.7 Å². The van der Waals surface area contributed by atoms with Gasteiger partial charge in [0.1, 0.15) is 5.60 Å². The van der Waals surface area contributed by atoms with E-state index >= 15 is 0 Å². The maximum Gasteiger partial charge on any atom is 0.410 e. The molecule has 0 unspecified atom stereocenters. The van der Waals surface area contributed by atoms with E-state index < -0.39 is 17.4 Å². The first-order valence-corrected chi connectivity index (χ1v) is 10.8. The third-order valence-electron chi connectivity index (χ3n) is 5.26. The highest BCUT2D eigenvalue weighted by atomic mass is 16.6. The number of hydrogen-bond acceptors (Lipinski definition) is 5. The third-order valence-corrected chi connectivity index (χ3v) is 5.26. The summed E-state index contributed by atoms with van der Waals surface area (Å²) >= 11 is 0. The summed E-state index contributed by atoms with van der Waals surface area (Å²) in [6.07, 6.45) is 1.70. The van der Waals surface area contributed by atoms with Crippen LogP contribution in [0.1, 0.15) is 53.9 Å². The molecule has 0 aliphatic carbocycles. The van der Waals surface area contributed by atoms with Crippen LogP contribution in [0.2, 0.25) is 0 Å². The molecule has 0 atom stereocenters. The molecule has 0 radical (unpaired) electrons. The molecule has 0 aromatic heterocycles. The van der Waals surface area contributed by atoms with E-state index in [4.69, 9.17) is 4.74 Å². The van der Waals surface area contributed by atoms with Crippen molar-refractivity contribution in [1.29, 1.82) is 0 Å². The summed E-state index contributed by atoms with van der Waals surface area (Å²) < 4.78 is 5.41. The number of nitrogens with zero attached hydrogens (tertiary/aromatic N) is 3. The lowest BCUT2D eigenvalue weighted by molar-refractivity contribution is -0.148. The van der Waals surface area contributed by atoms with Gasteiger partial charge in [-0.25, -0.2) is 4.79 Å². The minimum absolute atomic E-state index is 0.0736. The number of carbonyl (C=O) groups excluding carboxylic acids is 4. The summed E-state index contributed by atoms with van der Waals surface area (Å²) in [6, 6.07) is -0.0916. The number of hydrogen-bond donors (Lipinski definition) is 1. The van der Waals surface area contributed by atoms with Crippen LogP contribution in [-0.4, -0.2) is 89.4 Å². The molecule has 9 heteroatoms. The Kier molecular flexibility index (Phi) is 8.09. The number of amides is 4. The molecule has 30 heavy (non-hydrogen) atoms. The van der Waals surface area contributed by atoms with Crippen LogP contribution >= 0.6 is 0 Å². The van der Waals surface area contributed by atoms with Crippen LogP contribution in [0.4, 0.5) is 4.79 Å². The summed E-state index contributed by atoms with van der Waals surface area (Å²) in [5, 5.41) is 2.60. The Labute approximate surface area is 179 Å². The van der Waals surface area contributed by atoms with Gasteiger partial charge < -0.3 is 24.8 Å². The molecule has 0 bridgehead atoms. The number of piperidine rings is 1. The molecule has 2 aliphatic rings. The van der Waals surface area contributed by atoms with Crippen LogP contribution in [0, 0.1) is 5.92 Å². The van der Waals surface area contributed by atoms with Crippen LogP contribution in [0.5, 0.6) is 0 Å². The monoisotopic (exact) mass is 424 g/mol. The highest BCUT2D eigenvalue weighted by Gasteiger charge is 2.31. The predicted molar refractivity (Wildman–Crippen MR) is 112 cm³/mol. The molecule has 2 fully saturated rings. The first-order valence-electron chi connectivity index (χ1n) is 10.8. The topological polar surface area (TPSA) is 99.3 Å². The van der Waals surface area contributed by atoms with Gasteiger partial charge >= 0.3 is 17.9 Å². The smallest absolute Gasteiger partial charge is 0.410 e. The molecule has 0 spiro atoms. The van der Waals surface area contributed by atoms with E-state index in [1.165, 1.54) is 4.90 Å². The molecule has 0 aromatic rings. The van der Waals surface area contributed by atoms with Crippen LogP contribution in [0.15, 0.2) is 0 Å². The van der Waals surface area contributed by atoms with Gasteiger partial charge in [0.2, 0.25) is 5.91 Å². The van der Waals surface area contributed by atoms with Crippen molar-refractivity contribution in [1.82, 2.24) is 20.0 Å². The van der Waals surface area contributed by atoms with Gasteiger partial charge in [-0.1, -0.05) is 0 Å². The van der Waals surface area contributed by atoms with Crippen molar-refractivity contribution in [2.24, 2.45) is 5.92 Å². The quantitative estimate of drug-likeness (QED) is 0.687. The van der Waals surface area contributed by atoms with Gasteiger partial charge in [-0.05, 0) is 53.4 Å². The van der Waals surface area contributed by atoms with Gasteiger partial charge in [0.05, 0.1) is 0 Å². The molecule has 9 nitrogen and oxygen atoms in total. The Morgan fingerprint density at radius 2 is 1.43 bits per heavy atom. The average molecular weight is 425 g/mol. The van der Waals surface area contributed by atoms with Crippen molar-refractivity contribution in [3.63, 3.8) is 0 Å². The van der Waals surface area contributed by atoms with Crippen molar-refractivity contribution < 1.29 is 23.9 Å². The van der Waals surface area contributed by atoms with Gasteiger partial charge in [-0.2, -0.15) is 0 Å². The summed E-state index contributed by atoms with van der Waals surface area (Å²) in [5.74, 6) is -0.816. The van der Waals surface area contributed by atoms with E-state index in [9.17, 15) is 19.2 Å². The van der Waals surface area contributed by atoms with Crippen molar-refractivity contribution in [3.8, 4) is 0 Å². The lowest BCUT2D eigenvalue weighted by Gasteiger charge is -2.36. The van der Waals surface area contributed by atoms with E-state index in [0.717, 1.165) is 12.8 Å². The second kappa shape index (κ2) is 10.1. The zero-order chi connectivity index (χ0) is 22.5. The Bertz CT molecular complexity index is 642. The molecule has 2 aliphatic heterocycles. The highest BCUT2D eigenvalue weighted by Crippen LogP contribution is 2.23. The number of ether oxygens (including phenoxy) is 1. The van der Waals surface area contributed by atoms with Gasteiger partial charge in [-0.15, -0.1) is 0 Å². The molecule has 4 amide bonds. The maximum absolute atomic E-state index is 12.7. The molecule has 2 heterocycles. The summed E-state index contributed by atoms with van der Waals surface area (Å²) in [5.41, 5.74) is -0.511. The highest BCUT2D eigenvalue weighted by molar-refractivity contribution is 6.35. The summed E-state index contributed by atoms with van der Waals surface area (Å²) in [6.45, 7) is 12.0. The third kappa shape index (κ3) is 7.18. The SMILES string of the molecule is CC(C)NC(=O)C(=O)N1CCN(C(=O)CC2CCN(C(=O)OC(C)(C)C)CC2)CC1. The van der Waals surface area contributed by atoms with Crippen LogP contribution < -0.4 is 5.32 Å². The van der Waals surface area contributed by atoms with E-state index in [2.05, 4.69) is 5.32 Å². The Morgan fingerprint density at radius 1 is 0.900 bits per heavy atom. The van der Waals surface area contributed by atoms with E-state index in [0.29, 0.717) is 45.7 Å². The standard InChI is InChI=1S/C21H36N4O5/c1-15(2)22-18(27)19(28)24-12-10-23(11-13-24)17(26)14-16-6-8-25(9-7-16)20(29)30-21(3,4)5/h15-16H,6-14H2,1-5H3,(H,22,27). The van der Waals surface area contributed by atoms with E-state index in [-0.39, 0.29) is 24.0 Å². The largest absolute Gasteiger partial charge is 0.444 e. The van der Waals surface area contributed by atoms with Gasteiger partial charge in [0.25, 0.3) is 0 Å². The Hall–Kier alpha value is -2.32. The number of piperazine rings is 1. The number of likely N-dealkylation sites (tertiary alicyclic amines) is 1. The second-order valence-electron chi connectivity index (χ2n) is 9.42. The molecule has 0 aromatic carbocycles. The van der Waals surface area contributed by atoms with Crippen LogP contribution in [0.3, 0.4) is 0 Å². The first kappa shape index (κ1) is 24.0. The van der Waals surface area contributed by atoms with Crippen molar-refractivity contribution >= 4 is 23.8 Å². The number of rotatable bonds is 3. The van der Waals surface area contributed by atoms with Crippen molar-refractivity contribution in [2.45, 2.75) is 65.5 Å². The number of nitrogens with one attached hydrogen (secondary N) is 1. The van der Waals surface area contributed by atoms with Crippen molar-refractivity contribution in [3.05, 3.63) is 0 Å². The zero-order valence-electron chi connectivity index (χ0n) is 18.9. The normalized spacial score (nSPS) is 18.4. The van der Waals surface area contributed by atoms with E-state index in [1.807, 2.05) is 20.8 Å². The molecule has 2 rings (SSSR count). The Morgan fingerprint density at radius 3 is 1.93 bits per heavy atom. The minimum Gasteiger partial charge on any atom is -0.444 e. The first-order chi connectivity index (χ1) is 14.0. The Balaban J connectivity index is 1.72. The molecular weight excluding hydrogens is 388 g/mol. The van der Waals surface area contributed by atoms with Gasteiger partial charge in [0.15, 0.2) is 0 Å². The molecule has 170 valence electrons. The zero-order valence-corrected chi connectivity index (χ0v) is 18.9. The minimum atomic E-state index is -0.596. The van der Waals surface area contributed by atoms with Crippen molar-refractivity contribution in [2.75, 3.05) is 39.3 Å². The fraction of sp³-hybridized carbons (Fsp3) is 0.810. The molecule has 1 N–H and O–H groups in total. The lowest BCUT2D eigenvalue weighted by atomic mass is 9.93. The molecular formula is C21H36N4O5. The fourth-order valence-electron chi connectivity index (χ4n) is 3.65. The summed E-state index contributed by atoms with van der Waals surface area (Å²) in [4.78, 5) is 53.8. The molecule has 2 saturated heterocycles. The fourth-order valence-corrected chi connectivity index (χ4v) is 3.65. The summed E-state index contributed by atoms with van der Waals surface area (Å²) in [7, 11) is 0. The van der Waals surface area contributed by atoms with Crippen LogP contribution in [-0.2, 0) is 19.1 Å². The average Bonchev–Trinajstić information content (AvgIpc) is 2.66. The predicted octanol–water partition coefficient (Wildman–Crippen LogP) is 1.22.